The molecular formula is C18H19F3N4O. The third-order valence-corrected chi connectivity index (χ3v) is 4.92. The molecule has 1 saturated heterocycles. The van der Waals surface area contributed by atoms with Gasteiger partial charge in [-0.15, -0.1) is 0 Å². The number of rotatable bonds is 3. The number of fused-ring (bicyclic) bond motifs is 3. The summed E-state index contributed by atoms with van der Waals surface area (Å²) in [6.07, 6.45) is -3.20. The van der Waals surface area contributed by atoms with Crippen molar-refractivity contribution in [2.75, 3.05) is 32.7 Å². The molecule has 1 aliphatic rings. The molecule has 0 amide bonds. The number of alkyl halides is 3. The summed E-state index contributed by atoms with van der Waals surface area (Å²) in [6, 6.07) is 6.07. The van der Waals surface area contributed by atoms with Crippen LogP contribution in [-0.2, 0) is 12.7 Å². The Morgan fingerprint density at radius 1 is 1.04 bits per heavy atom. The number of aromatic nitrogens is 2. The molecule has 0 atom stereocenters. The largest absolute Gasteiger partial charge is 0.433 e. The van der Waals surface area contributed by atoms with Crippen LogP contribution in [0.15, 0.2) is 35.3 Å². The number of piperazine rings is 1. The summed E-state index contributed by atoms with van der Waals surface area (Å²) in [5, 5.41) is 4.43. The van der Waals surface area contributed by atoms with Crippen LogP contribution in [0.1, 0.15) is 5.69 Å². The Morgan fingerprint density at radius 3 is 2.54 bits per heavy atom. The third kappa shape index (κ3) is 2.99. The molecule has 0 unspecified atom stereocenters. The van der Waals surface area contributed by atoms with Crippen molar-refractivity contribution in [2.45, 2.75) is 12.7 Å². The minimum Gasteiger partial charge on any atom is -0.356 e. The molecule has 1 fully saturated rings. The van der Waals surface area contributed by atoms with Crippen LogP contribution in [0.25, 0.3) is 21.8 Å². The molecule has 0 bridgehead atoms. The number of benzene rings is 1. The van der Waals surface area contributed by atoms with E-state index in [4.69, 9.17) is 0 Å². The van der Waals surface area contributed by atoms with E-state index >= 15 is 0 Å². The maximum absolute atomic E-state index is 13.6. The topological polar surface area (TPSA) is 53.1 Å². The van der Waals surface area contributed by atoms with Crippen LogP contribution in [0, 0.1) is 0 Å². The van der Waals surface area contributed by atoms with Gasteiger partial charge in [0.15, 0.2) is 5.43 Å². The molecule has 0 saturated carbocycles. The standard InChI is InChI=1S/C18H19F3N4O/c19-18(20,21)17-16-14(3-4-23-17)13-2-1-12(26)11-15(13)25(16)10-9-24-7-5-22-6-8-24/h1-4,11,22-23H,5-10H2. The highest BCUT2D eigenvalue weighted by atomic mass is 19.4. The summed E-state index contributed by atoms with van der Waals surface area (Å²) in [6.45, 7) is 4.50. The SMILES string of the molecule is O=c1ccc2c3cc[nH]c(C(F)(F)F)c3n(CCN3CCNCC3)c2c1. The lowest BCUT2D eigenvalue weighted by Crippen LogP contribution is -2.44. The van der Waals surface area contributed by atoms with Crippen molar-refractivity contribution in [3.63, 3.8) is 0 Å². The molecule has 138 valence electrons. The maximum Gasteiger partial charge on any atom is 0.433 e. The van der Waals surface area contributed by atoms with Gasteiger partial charge in [-0.05, 0) is 18.2 Å². The van der Waals surface area contributed by atoms with E-state index in [1.807, 2.05) is 0 Å². The number of hydrogen-bond acceptors (Lipinski definition) is 3. The van der Waals surface area contributed by atoms with E-state index in [0.717, 1.165) is 26.2 Å². The first-order chi connectivity index (χ1) is 12.4. The van der Waals surface area contributed by atoms with Crippen LogP contribution < -0.4 is 10.7 Å². The predicted octanol–water partition coefficient (Wildman–Crippen LogP) is 2.41. The minimum absolute atomic E-state index is 0.107. The number of pyridine rings is 1. The van der Waals surface area contributed by atoms with E-state index in [1.54, 1.807) is 16.7 Å². The minimum atomic E-state index is -4.50. The van der Waals surface area contributed by atoms with Crippen molar-refractivity contribution in [3.05, 3.63) is 46.4 Å². The summed E-state index contributed by atoms with van der Waals surface area (Å²) >= 11 is 0. The molecule has 3 heterocycles. The van der Waals surface area contributed by atoms with Crippen LogP contribution in [-0.4, -0.2) is 47.2 Å². The average Bonchev–Trinajstić information content (AvgIpc) is 2.92. The fourth-order valence-electron chi connectivity index (χ4n) is 3.70. The normalized spacial score (nSPS) is 16.6. The molecule has 4 rings (SSSR count). The van der Waals surface area contributed by atoms with Crippen molar-refractivity contribution in [1.29, 1.82) is 0 Å². The lowest BCUT2D eigenvalue weighted by atomic mass is 10.1. The number of H-pyrrole nitrogens is 1. The Hall–Kier alpha value is -2.32. The molecule has 1 aliphatic heterocycles. The van der Waals surface area contributed by atoms with E-state index in [0.29, 0.717) is 29.4 Å². The zero-order valence-corrected chi connectivity index (χ0v) is 14.1. The number of nitrogens with one attached hydrogen (secondary N) is 2. The second-order valence-electron chi connectivity index (χ2n) is 6.53. The molecular weight excluding hydrogens is 345 g/mol. The first-order valence-electron chi connectivity index (χ1n) is 8.59. The van der Waals surface area contributed by atoms with Crippen LogP contribution >= 0.6 is 0 Å². The van der Waals surface area contributed by atoms with E-state index in [1.165, 1.54) is 18.3 Å². The average molecular weight is 364 g/mol. The Kier molecular flexibility index (Phi) is 4.24. The Morgan fingerprint density at radius 2 is 1.81 bits per heavy atom. The van der Waals surface area contributed by atoms with Crippen LogP contribution in [0.3, 0.4) is 0 Å². The first kappa shape index (κ1) is 17.1. The Labute approximate surface area is 147 Å². The number of halogens is 3. The van der Waals surface area contributed by atoms with Crippen molar-refractivity contribution < 1.29 is 13.2 Å². The summed E-state index contributed by atoms with van der Waals surface area (Å²) < 4.78 is 42.4. The predicted molar refractivity (Wildman–Crippen MR) is 94.4 cm³/mol. The van der Waals surface area contributed by atoms with Gasteiger partial charge < -0.3 is 14.9 Å². The van der Waals surface area contributed by atoms with Crippen molar-refractivity contribution in [3.8, 4) is 0 Å². The second-order valence-corrected chi connectivity index (χ2v) is 6.53. The molecule has 1 aromatic carbocycles. The molecule has 3 aromatic rings. The lowest BCUT2D eigenvalue weighted by Gasteiger charge is -2.27. The van der Waals surface area contributed by atoms with Gasteiger partial charge in [0.05, 0.1) is 11.0 Å². The highest BCUT2D eigenvalue weighted by Gasteiger charge is 2.35. The summed E-state index contributed by atoms with van der Waals surface area (Å²) in [7, 11) is 0. The third-order valence-electron chi connectivity index (χ3n) is 4.92. The molecule has 2 N–H and O–H groups in total. The molecule has 8 heteroatoms. The number of aromatic amines is 1. The highest BCUT2D eigenvalue weighted by molar-refractivity contribution is 6.08. The molecule has 0 spiro atoms. The van der Waals surface area contributed by atoms with E-state index in [-0.39, 0.29) is 10.9 Å². The van der Waals surface area contributed by atoms with Crippen LogP contribution in [0.4, 0.5) is 13.2 Å². The van der Waals surface area contributed by atoms with Gasteiger partial charge >= 0.3 is 6.18 Å². The smallest absolute Gasteiger partial charge is 0.356 e. The van der Waals surface area contributed by atoms with Crippen molar-refractivity contribution >= 4 is 21.8 Å². The molecule has 0 aliphatic carbocycles. The second kappa shape index (κ2) is 6.44. The summed E-state index contributed by atoms with van der Waals surface area (Å²) in [5.74, 6) is 0. The fraction of sp³-hybridized carbons (Fsp3) is 0.389. The zero-order valence-electron chi connectivity index (χ0n) is 14.1. The maximum atomic E-state index is 13.6. The van der Waals surface area contributed by atoms with E-state index in [2.05, 4.69) is 15.2 Å². The van der Waals surface area contributed by atoms with E-state index < -0.39 is 11.9 Å². The van der Waals surface area contributed by atoms with Gasteiger partial charge in [0.1, 0.15) is 5.69 Å². The fourth-order valence-corrected chi connectivity index (χ4v) is 3.70. The molecule has 0 radical (unpaired) electrons. The van der Waals surface area contributed by atoms with Crippen LogP contribution in [0.5, 0.6) is 0 Å². The zero-order chi connectivity index (χ0) is 18.3. The molecule has 5 nitrogen and oxygen atoms in total. The number of hydrogen-bond donors (Lipinski definition) is 2. The molecule has 2 aromatic heterocycles. The van der Waals surface area contributed by atoms with Crippen molar-refractivity contribution in [2.24, 2.45) is 0 Å². The molecule has 26 heavy (non-hydrogen) atoms. The summed E-state index contributed by atoms with van der Waals surface area (Å²) in [5.41, 5.74) is -0.330. The van der Waals surface area contributed by atoms with Gasteiger partial charge in [0.2, 0.25) is 0 Å². The highest BCUT2D eigenvalue weighted by Crippen LogP contribution is 2.37. The van der Waals surface area contributed by atoms with Gasteiger partial charge in [-0.3, -0.25) is 9.69 Å². The van der Waals surface area contributed by atoms with Gasteiger partial charge in [-0.2, -0.15) is 13.2 Å². The Bertz CT molecular complexity index is 999. The van der Waals surface area contributed by atoms with Gasteiger partial charge in [-0.1, -0.05) is 0 Å². The van der Waals surface area contributed by atoms with Crippen molar-refractivity contribution in [1.82, 2.24) is 19.8 Å². The van der Waals surface area contributed by atoms with Crippen LogP contribution in [0.2, 0.25) is 0 Å². The van der Waals surface area contributed by atoms with Gasteiger partial charge in [-0.25, -0.2) is 0 Å². The van der Waals surface area contributed by atoms with Gasteiger partial charge in [0.25, 0.3) is 0 Å². The summed E-state index contributed by atoms with van der Waals surface area (Å²) in [4.78, 5) is 16.4. The quantitative estimate of drug-likeness (QED) is 0.751. The number of nitrogens with zero attached hydrogens (tertiary/aromatic N) is 2. The van der Waals surface area contributed by atoms with Gasteiger partial charge in [0, 0.05) is 62.3 Å². The lowest BCUT2D eigenvalue weighted by molar-refractivity contribution is -0.140. The Balaban J connectivity index is 1.88. The monoisotopic (exact) mass is 364 g/mol. The first-order valence-corrected chi connectivity index (χ1v) is 8.59. The van der Waals surface area contributed by atoms with E-state index in [9.17, 15) is 18.0 Å².